The van der Waals surface area contributed by atoms with Crippen molar-refractivity contribution in [1.82, 2.24) is 14.2 Å². The molecule has 0 unspecified atom stereocenters. The van der Waals surface area contributed by atoms with Crippen molar-refractivity contribution in [2.75, 3.05) is 13.1 Å². The van der Waals surface area contributed by atoms with Crippen molar-refractivity contribution >= 4 is 26.8 Å². The van der Waals surface area contributed by atoms with Crippen LogP contribution in [0.2, 0.25) is 0 Å². The maximum atomic E-state index is 13.2. The molecular weight excluding hydrogens is 414 g/mol. The highest BCUT2D eigenvalue weighted by Gasteiger charge is 2.26. The number of benzene rings is 1. The number of rotatable bonds is 7. The van der Waals surface area contributed by atoms with Gasteiger partial charge in [-0.15, -0.1) is 6.58 Å². The lowest BCUT2D eigenvalue weighted by atomic mass is 10.1. The van der Waals surface area contributed by atoms with E-state index in [9.17, 15) is 18.0 Å². The van der Waals surface area contributed by atoms with Gasteiger partial charge in [-0.05, 0) is 44.4 Å². The second kappa shape index (κ2) is 9.78. The fourth-order valence-corrected chi connectivity index (χ4v) is 5.37. The molecule has 1 fully saturated rings. The molecule has 1 amide bonds. The molecule has 3 rings (SSSR count). The van der Waals surface area contributed by atoms with Gasteiger partial charge in [-0.25, -0.2) is 8.42 Å². The monoisotopic (exact) mass is 445 g/mol. The van der Waals surface area contributed by atoms with Crippen molar-refractivity contribution in [3.63, 3.8) is 0 Å². The van der Waals surface area contributed by atoms with Crippen LogP contribution < -0.4 is 10.7 Å². The summed E-state index contributed by atoms with van der Waals surface area (Å²) in [7, 11) is -3.71. The number of carbonyl (C=O) groups excluding carboxylic acids is 1. The zero-order valence-electron chi connectivity index (χ0n) is 18.3. The number of hydrogen-bond donors (Lipinski definition) is 1. The Hall–Kier alpha value is -2.45. The molecule has 1 N–H and O–H groups in total. The summed E-state index contributed by atoms with van der Waals surface area (Å²) in [6, 6.07) is 4.52. The normalized spacial score (nSPS) is 16.6. The molecule has 0 saturated carbocycles. The van der Waals surface area contributed by atoms with Crippen molar-refractivity contribution in [1.29, 1.82) is 0 Å². The Morgan fingerprint density at radius 3 is 2.52 bits per heavy atom. The molecule has 2 aromatic rings. The molecule has 0 spiro atoms. The fraction of sp³-hybridized carbons (Fsp3) is 0.478. The summed E-state index contributed by atoms with van der Waals surface area (Å²) in [6.07, 6.45) is 7.63. The van der Waals surface area contributed by atoms with Gasteiger partial charge in [0, 0.05) is 37.3 Å². The van der Waals surface area contributed by atoms with Gasteiger partial charge in [-0.1, -0.05) is 25.8 Å². The summed E-state index contributed by atoms with van der Waals surface area (Å²) < 4.78 is 29.7. The maximum absolute atomic E-state index is 13.2. The lowest BCUT2D eigenvalue weighted by Crippen LogP contribution is -2.35. The molecule has 2 heterocycles. The Labute approximate surface area is 183 Å². The lowest BCUT2D eigenvalue weighted by molar-refractivity contribution is 0.0937. The summed E-state index contributed by atoms with van der Waals surface area (Å²) in [5.41, 5.74) is 0.0998. The molecular formula is C23H31N3O4S. The summed E-state index contributed by atoms with van der Waals surface area (Å²) >= 11 is 0. The van der Waals surface area contributed by atoms with Gasteiger partial charge in [0.25, 0.3) is 5.91 Å². The van der Waals surface area contributed by atoms with E-state index in [0.29, 0.717) is 25.2 Å². The van der Waals surface area contributed by atoms with Crippen LogP contribution in [-0.2, 0) is 16.6 Å². The molecule has 31 heavy (non-hydrogen) atoms. The van der Waals surface area contributed by atoms with E-state index >= 15 is 0 Å². The Morgan fingerprint density at radius 2 is 1.90 bits per heavy atom. The zero-order chi connectivity index (χ0) is 22.6. The minimum atomic E-state index is -3.71. The van der Waals surface area contributed by atoms with Gasteiger partial charge in [0.1, 0.15) is 5.56 Å². The van der Waals surface area contributed by atoms with Gasteiger partial charge in [0.05, 0.1) is 10.4 Å². The topological polar surface area (TPSA) is 88.5 Å². The van der Waals surface area contributed by atoms with Crippen molar-refractivity contribution in [3.8, 4) is 0 Å². The average molecular weight is 446 g/mol. The second-order valence-corrected chi connectivity index (χ2v) is 10.0. The number of nitrogens with one attached hydrogen (secondary N) is 1. The Morgan fingerprint density at radius 1 is 1.23 bits per heavy atom. The number of hydrogen-bond acceptors (Lipinski definition) is 4. The number of aromatic nitrogens is 1. The first-order chi connectivity index (χ1) is 14.8. The van der Waals surface area contributed by atoms with Crippen LogP contribution in [0.4, 0.5) is 0 Å². The van der Waals surface area contributed by atoms with E-state index in [1.165, 1.54) is 16.6 Å². The van der Waals surface area contributed by atoms with Crippen molar-refractivity contribution in [2.24, 2.45) is 0 Å². The third-order valence-corrected chi connectivity index (χ3v) is 7.71. The van der Waals surface area contributed by atoms with Gasteiger partial charge in [-0.2, -0.15) is 4.31 Å². The van der Waals surface area contributed by atoms with E-state index in [4.69, 9.17) is 0 Å². The average Bonchev–Trinajstić information content (AvgIpc) is 3.05. The summed E-state index contributed by atoms with van der Waals surface area (Å²) in [5.74, 6) is -0.458. The lowest BCUT2D eigenvalue weighted by Gasteiger charge is -2.20. The van der Waals surface area contributed by atoms with Crippen molar-refractivity contribution in [3.05, 3.63) is 52.8 Å². The number of pyridine rings is 1. The minimum Gasteiger partial charge on any atom is -0.349 e. The largest absolute Gasteiger partial charge is 0.349 e. The maximum Gasteiger partial charge on any atom is 0.256 e. The number of allylic oxidation sites excluding steroid dienone is 1. The van der Waals surface area contributed by atoms with Gasteiger partial charge in [0.2, 0.25) is 15.5 Å². The number of fused-ring (bicyclic) bond motifs is 1. The quantitative estimate of drug-likeness (QED) is 0.663. The molecule has 1 aliphatic heterocycles. The number of carbonyl (C=O) groups is 1. The van der Waals surface area contributed by atoms with Crippen LogP contribution in [0.25, 0.3) is 10.9 Å². The van der Waals surface area contributed by atoms with E-state index < -0.39 is 21.4 Å². The van der Waals surface area contributed by atoms with Crippen LogP contribution in [0.5, 0.6) is 0 Å². The first kappa shape index (κ1) is 23.2. The Balaban J connectivity index is 2.13. The summed E-state index contributed by atoms with van der Waals surface area (Å²) in [4.78, 5) is 26.0. The van der Waals surface area contributed by atoms with Crippen molar-refractivity contribution in [2.45, 2.75) is 63.4 Å². The predicted octanol–water partition coefficient (Wildman–Crippen LogP) is 3.28. The summed E-state index contributed by atoms with van der Waals surface area (Å²) in [6.45, 7) is 8.92. The third kappa shape index (κ3) is 4.91. The van der Waals surface area contributed by atoms with Crippen LogP contribution in [0.15, 0.2) is 46.7 Å². The fourth-order valence-electron chi connectivity index (χ4n) is 3.82. The van der Waals surface area contributed by atoms with Crippen LogP contribution >= 0.6 is 0 Å². The van der Waals surface area contributed by atoms with Crippen molar-refractivity contribution < 1.29 is 13.2 Å². The SMILES string of the molecule is C=CCn1cc(C(=O)N[C@@H](C)CC)c(=O)c2cc(S(=O)(=O)N3CCCCCC3)ccc21. The third-order valence-electron chi connectivity index (χ3n) is 5.81. The van der Waals surface area contributed by atoms with Gasteiger partial charge in [0.15, 0.2) is 0 Å². The van der Waals surface area contributed by atoms with Crippen LogP contribution in [0.1, 0.15) is 56.3 Å². The highest BCUT2D eigenvalue weighted by molar-refractivity contribution is 7.89. The van der Waals surface area contributed by atoms with Crippen LogP contribution in [-0.4, -0.2) is 42.3 Å². The van der Waals surface area contributed by atoms with E-state index in [1.54, 1.807) is 22.8 Å². The Bertz CT molecular complexity index is 1130. The smallest absolute Gasteiger partial charge is 0.256 e. The molecule has 1 atom stereocenters. The van der Waals surface area contributed by atoms with Crippen LogP contribution in [0, 0.1) is 0 Å². The molecule has 7 nitrogen and oxygen atoms in total. The van der Waals surface area contributed by atoms with E-state index in [1.807, 2.05) is 13.8 Å². The molecule has 1 saturated heterocycles. The zero-order valence-corrected chi connectivity index (χ0v) is 19.1. The molecule has 8 heteroatoms. The number of nitrogens with zero attached hydrogens (tertiary/aromatic N) is 2. The van der Waals surface area contributed by atoms with Gasteiger partial charge >= 0.3 is 0 Å². The standard InChI is InChI=1S/C23H31N3O4S/c1-4-12-25-16-20(23(28)24-17(3)5-2)22(27)19-15-18(10-11-21(19)25)31(29,30)26-13-8-6-7-9-14-26/h4,10-11,15-17H,1,5-9,12-14H2,2-3H3,(H,24,28)/t17-/m0/s1. The second-order valence-electron chi connectivity index (χ2n) is 8.09. The van der Waals surface area contributed by atoms with Crippen LogP contribution in [0.3, 0.4) is 0 Å². The number of amides is 1. The highest BCUT2D eigenvalue weighted by atomic mass is 32.2. The minimum absolute atomic E-state index is 0.000953. The Kier molecular flexibility index (Phi) is 7.33. The molecule has 0 radical (unpaired) electrons. The first-order valence-corrected chi connectivity index (χ1v) is 12.3. The highest BCUT2D eigenvalue weighted by Crippen LogP contribution is 2.23. The van der Waals surface area contributed by atoms with Gasteiger partial charge < -0.3 is 9.88 Å². The molecule has 0 aliphatic carbocycles. The molecule has 1 aromatic heterocycles. The first-order valence-electron chi connectivity index (χ1n) is 10.9. The summed E-state index contributed by atoms with van der Waals surface area (Å²) in [5, 5.41) is 3.04. The molecule has 1 aromatic carbocycles. The van der Waals surface area contributed by atoms with E-state index in [2.05, 4.69) is 11.9 Å². The molecule has 168 valence electrons. The number of sulfonamides is 1. The van der Waals surface area contributed by atoms with E-state index in [0.717, 1.165) is 32.1 Å². The molecule has 0 bridgehead atoms. The molecule has 1 aliphatic rings. The van der Waals surface area contributed by atoms with Gasteiger partial charge in [-0.3, -0.25) is 9.59 Å². The predicted molar refractivity (Wildman–Crippen MR) is 123 cm³/mol. The van der Waals surface area contributed by atoms with E-state index in [-0.39, 0.29) is 21.9 Å².